The molecule has 2 heterocycles. The molecule has 0 spiro atoms. The summed E-state index contributed by atoms with van der Waals surface area (Å²) in [6.45, 7) is 3.76. The van der Waals surface area contributed by atoms with Crippen molar-refractivity contribution in [3.8, 4) is 5.75 Å². The van der Waals surface area contributed by atoms with E-state index in [9.17, 15) is 9.59 Å². The van der Waals surface area contributed by atoms with Gasteiger partial charge in [0, 0.05) is 36.1 Å². The highest BCUT2D eigenvalue weighted by Crippen LogP contribution is 2.18. The highest BCUT2D eigenvalue weighted by molar-refractivity contribution is 7.09. The first-order valence-corrected chi connectivity index (χ1v) is 9.58. The summed E-state index contributed by atoms with van der Waals surface area (Å²) in [5.41, 5.74) is 0.690. The van der Waals surface area contributed by atoms with Gasteiger partial charge in [-0.05, 0) is 49.1 Å². The van der Waals surface area contributed by atoms with E-state index in [0.29, 0.717) is 25.3 Å². The Labute approximate surface area is 157 Å². The molecule has 26 heavy (non-hydrogen) atoms. The molecule has 1 unspecified atom stereocenters. The van der Waals surface area contributed by atoms with Gasteiger partial charge >= 0.3 is 6.03 Å². The van der Waals surface area contributed by atoms with Crippen LogP contribution >= 0.6 is 11.3 Å². The van der Waals surface area contributed by atoms with E-state index in [4.69, 9.17) is 4.74 Å². The van der Waals surface area contributed by atoms with E-state index in [1.54, 1.807) is 28.4 Å². The number of ether oxygens (including phenoxy) is 1. The fourth-order valence-electron chi connectivity index (χ4n) is 2.85. The van der Waals surface area contributed by atoms with Gasteiger partial charge in [0.2, 0.25) is 5.91 Å². The number of nitrogens with zero attached hydrogens (tertiary/aromatic N) is 1. The van der Waals surface area contributed by atoms with Gasteiger partial charge in [0.25, 0.3) is 0 Å². The summed E-state index contributed by atoms with van der Waals surface area (Å²) in [7, 11) is 0. The monoisotopic (exact) mass is 373 g/mol. The number of urea groups is 1. The molecule has 1 aromatic heterocycles. The summed E-state index contributed by atoms with van der Waals surface area (Å²) in [5, 5.41) is 7.68. The number of hydrogen-bond acceptors (Lipinski definition) is 4. The number of hydrogen-bond donors (Lipinski definition) is 2. The van der Waals surface area contributed by atoms with Crippen LogP contribution in [0.5, 0.6) is 5.75 Å². The van der Waals surface area contributed by atoms with E-state index < -0.39 is 0 Å². The van der Waals surface area contributed by atoms with E-state index in [1.165, 1.54) is 0 Å². The molecule has 0 radical (unpaired) electrons. The maximum atomic E-state index is 12.1. The predicted molar refractivity (Wildman–Crippen MR) is 103 cm³/mol. The Morgan fingerprint density at radius 2 is 2.12 bits per heavy atom. The number of rotatable bonds is 7. The van der Waals surface area contributed by atoms with Gasteiger partial charge in [-0.15, -0.1) is 11.3 Å². The summed E-state index contributed by atoms with van der Waals surface area (Å²) in [5.74, 6) is 0.919. The quantitative estimate of drug-likeness (QED) is 0.781. The maximum absolute atomic E-state index is 12.1. The molecule has 0 saturated carbocycles. The van der Waals surface area contributed by atoms with Crippen molar-refractivity contribution in [1.82, 2.24) is 10.2 Å². The number of nitrogens with one attached hydrogen (secondary N) is 2. The van der Waals surface area contributed by atoms with E-state index in [1.807, 2.05) is 36.6 Å². The molecule has 1 atom stereocenters. The second kappa shape index (κ2) is 8.71. The fourth-order valence-corrected chi connectivity index (χ4v) is 3.46. The first-order valence-electron chi connectivity index (χ1n) is 8.71. The zero-order valence-corrected chi connectivity index (χ0v) is 15.6. The van der Waals surface area contributed by atoms with Crippen molar-refractivity contribution in [2.75, 3.05) is 18.4 Å². The molecule has 2 N–H and O–H groups in total. The molecular weight excluding hydrogens is 350 g/mol. The summed E-state index contributed by atoms with van der Waals surface area (Å²) in [6, 6.07) is 10.9. The summed E-state index contributed by atoms with van der Waals surface area (Å²) in [4.78, 5) is 26.7. The number of amides is 3. The first kappa shape index (κ1) is 18.3. The standard InChI is InChI=1S/C19H23N3O3S/c1-14(12-22-10-2-5-18(22)23)20-19(24)21-15-6-8-16(9-7-15)25-13-17-4-3-11-26-17/h3-4,6-9,11,14H,2,5,10,12-13H2,1H3,(H2,20,21,24). The lowest BCUT2D eigenvalue weighted by molar-refractivity contribution is -0.127. The van der Waals surface area contributed by atoms with Crippen molar-refractivity contribution >= 4 is 29.0 Å². The Hall–Kier alpha value is -2.54. The number of benzene rings is 1. The average Bonchev–Trinajstić information content (AvgIpc) is 3.26. The van der Waals surface area contributed by atoms with Crippen LogP contribution in [0.15, 0.2) is 41.8 Å². The molecule has 7 heteroatoms. The van der Waals surface area contributed by atoms with Gasteiger partial charge in [-0.3, -0.25) is 4.79 Å². The van der Waals surface area contributed by atoms with E-state index in [-0.39, 0.29) is 18.0 Å². The Morgan fingerprint density at radius 1 is 1.31 bits per heavy atom. The molecule has 6 nitrogen and oxygen atoms in total. The zero-order valence-electron chi connectivity index (χ0n) is 14.7. The predicted octanol–water partition coefficient (Wildman–Crippen LogP) is 3.46. The largest absolute Gasteiger partial charge is 0.488 e. The van der Waals surface area contributed by atoms with Gasteiger partial charge in [-0.1, -0.05) is 6.07 Å². The Kier molecular flexibility index (Phi) is 6.12. The number of carbonyl (C=O) groups is 2. The van der Waals surface area contributed by atoms with Gasteiger partial charge in [0.05, 0.1) is 0 Å². The second-order valence-electron chi connectivity index (χ2n) is 6.34. The van der Waals surface area contributed by atoms with Crippen LogP contribution in [0.3, 0.4) is 0 Å². The van der Waals surface area contributed by atoms with Crippen LogP contribution in [0, 0.1) is 0 Å². The SMILES string of the molecule is CC(CN1CCCC1=O)NC(=O)Nc1ccc(OCc2cccs2)cc1. The molecule has 1 aliphatic heterocycles. The molecule has 2 aromatic rings. The molecular formula is C19H23N3O3S. The van der Waals surface area contributed by atoms with Crippen LogP contribution in [-0.2, 0) is 11.4 Å². The first-order chi connectivity index (χ1) is 12.6. The van der Waals surface area contributed by atoms with Crippen LogP contribution in [0.2, 0.25) is 0 Å². The topological polar surface area (TPSA) is 70.7 Å². The summed E-state index contributed by atoms with van der Waals surface area (Å²) in [6.07, 6.45) is 1.51. The average molecular weight is 373 g/mol. The van der Waals surface area contributed by atoms with Crippen molar-refractivity contribution in [1.29, 1.82) is 0 Å². The minimum absolute atomic E-state index is 0.106. The molecule has 1 fully saturated rings. The maximum Gasteiger partial charge on any atom is 0.319 e. The van der Waals surface area contributed by atoms with E-state index in [2.05, 4.69) is 10.6 Å². The number of carbonyl (C=O) groups excluding carboxylic acids is 2. The van der Waals surface area contributed by atoms with Gasteiger partial charge in [0.15, 0.2) is 0 Å². The van der Waals surface area contributed by atoms with Crippen molar-refractivity contribution in [2.24, 2.45) is 0 Å². The van der Waals surface area contributed by atoms with Gasteiger partial charge in [-0.25, -0.2) is 4.79 Å². The molecule has 0 bridgehead atoms. The number of thiophene rings is 1. The molecule has 0 aliphatic carbocycles. The van der Waals surface area contributed by atoms with Crippen LogP contribution in [0.1, 0.15) is 24.6 Å². The molecule has 3 amide bonds. The lowest BCUT2D eigenvalue weighted by Gasteiger charge is -2.21. The normalized spacial score (nSPS) is 15.0. The van der Waals surface area contributed by atoms with Crippen LogP contribution in [-0.4, -0.2) is 36.0 Å². The Bertz CT molecular complexity index is 731. The third-order valence-corrected chi connectivity index (χ3v) is 4.97. The van der Waals surface area contributed by atoms with Crippen molar-refractivity contribution in [3.05, 3.63) is 46.7 Å². The van der Waals surface area contributed by atoms with Crippen molar-refractivity contribution in [3.63, 3.8) is 0 Å². The third-order valence-electron chi connectivity index (χ3n) is 4.12. The molecule has 1 saturated heterocycles. The minimum atomic E-state index is -0.281. The van der Waals surface area contributed by atoms with Crippen LogP contribution in [0.25, 0.3) is 0 Å². The van der Waals surface area contributed by atoms with E-state index in [0.717, 1.165) is 23.6 Å². The second-order valence-corrected chi connectivity index (χ2v) is 7.37. The minimum Gasteiger partial charge on any atom is -0.488 e. The van der Waals surface area contributed by atoms with Gasteiger partial charge < -0.3 is 20.3 Å². The number of likely N-dealkylation sites (tertiary alicyclic amines) is 1. The summed E-state index contributed by atoms with van der Waals surface area (Å²) >= 11 is 1.66. The van der Waals surface area contributed by atoms with Crippen molar-refractivity contribution in [2.45, 2.75) is 32.4 Å². The zero-order chi connectivity index (χ0) is 18.4. The van der Waals surface area contributed by atoms with Gasteiger partial charge in [0.1, 0.15) is 12.4 Å². The fraction of sp³-hybridized carbons (Fsp3) is 0.368. The Balaban J connectivity index is 1.42. The molecule has 1 aliphatic rings. The molecule has 138 valence electrons. The molecule has 1 aromatic carbocycles. The van der Waals surface area contributed by atoms with Crippen LogP contribution < -0.4 is 15.4 Å². The highest BCUT2D eigenvalue weighted by atomic mass is 32.1. The summed E-state index contributed by atoms with van der Waals surface area (Å²) < 4.78 is 5.70. The third kappa shape index (κ3) is 5.23. The van der Waals surface area contributed by atoms with Gasteiger partial charge in [-0.2, -0.15) is 0 Å². The van der Waals surface area contributed by atoms with Crippen LogP contribution in [0.4, 0.5) is 10.5 Å². The van der Waals surface area contributed by atoms with Crippen molar-refractivity contribution < 1.29 is 14.3 Å². The Morgan fingerprint density at radius 3 is 2.77 bits per heavy atom. The number of anilines is 1. The smallest absolute Gasteiger partial charge is 0.319 e. The highest BCUT2D eigenvalue weighted by Gasteiger charge is 2.22. The lowest BCUT2D eigenvalue weighted by atomic mass is 10.3. The molecule has 3 rings (SSSR count). The lowest BCUT2D eigenvalue weighted by Crippen LogP contribution is -2.44. The van der Waals surface area contributed by atoms with E-state index >= 15 is 0 Å².